The highest BCUT2D eigenvalue weighted by Gasteiger charge is 2.16. The average molecular weight is 494 g/mol. The SMILES string of the molecule is CCOc1cc(/C=C(/C#N)C(=O)Nc2cccc(Br)c2)cc(Cl)c1OCC(=O)OC. The Bertz CT molecular complexity index is 1020. The zero-order chi connectivity index (χ0) is 22.1. The average Bonchev–Trinajstić information content (AvgIpc) is 2.71. The minimum absolute atomic E-state index is 0.128. The quantitative estimate of drug-likeness (QED) is 0.328. The maximum Gasteiger partial charge on any atom is 0.343 e. The van der Waals surface area contributed by atoms with Gasteiger partial charge in [0, 0.05) is 10.2 Å². The molecule has 2 aromatic carbocycles. The minimum Gasteiger partial charge on any atom is -0.490 e. The number of carbonyl (C=O) groups is 2. The monoisotopic (exact) mass is 492 g/mol. The number of halogens is 2. The highest BCUT2D eigenvalue weighted by atomic mass is 79.9. The lowest BCUT2D eigenvalue weighted by Crippen LogP contribution is -2.14. The van der Waals surface area contributed by atoms with Crippen LogP contribution >= 0.6 is 27.5 Å². The Morgan fingerprint density at radius 2 is 2.03 bits per heavy atom. The topological polar surface area (TPSA) is 97.6 Å². The Morgan fingerprint density at radius 3 is 2.67 bits per heavy atom. The molecule has 0 saturated carbocycles. The van der Waals surface area contributed by atoms with Gasteiger partial charge in [0.2, 0.25) is 0 Å². The molecule has 0 aromatic heterocycles. The number of hydrogen-bond donors (Lipinski definition) is 1. The molecule has 2 rings (SSSR count). The Kier molecular flexibility index (Phi) is 8.71. The van der Waals surface area contributed by atoms with Gasteiger partial charge in [-0.25, -0.2) is 4.79 Å². The van der Waals surface area contributed by atoms with Crippen LogP contribution in [0, 0.1) is 11.3 Å². The zero-order valence-corrected chi connectivity index (χ0v) is 18.5. The molecule has 156 valence electrons. The molecule has 9 heteroatoms. The van der Waals surface area contributed by atoms with E-state index in [0.29, 0.717) is 17.9 Å². The third-order valence-corrected chi connectivity index (χ3v) is 4.43. The van der Waals surface area contributed by atoms with Crippen LogP contribution in [-0.2, 0) is 14.3 Å². The van der Waals surface area contributed by atoms with Crippen LogP contribution in [-0.4, -0.2) is 32.2 Å². The number of rotatable bonds is 8. The van der Waals surface area contributed by atoms with Crippen molar-refractivity contribution in [3.63, 3.8) is 0 Å². The van der Waals surface area contributed by atoms with Crippen LogP contribution in [0.4, 0.5) is 5.69 Å². The summed E-state index contributed by atoms with van der Waals surface area (Å²) in [4.78, 5) is 23.8. The van der Waals surface area contributed by atoms with E-state index in [4.69, 9.17) is 21.1 Å². The van der Waals surface area contributed by atoms with Crippen molar-refractivity contribution in [2.75, 3.05) is 25.6 Å². The molecule has 0 aliphatic rings. The molecule has 30 heavy (non-hydrogen) atoms. The fourth-order valence-electron chi connectivity index (χ4n) is 2.34. The predicted molar refractivity (Wildman–Crippen MR) is 116 cm³/mol. The van der Waals surface area contributed by atoms with Gasteiger partial charge in [-0.3, -0.25) is 4.79 Å². The van der Waals surface area contributed by atoms with E-state index in [1.807, 2.05) is 12.1 Å². The normalized spacial score (nSPS) is 10.7. The molecule has 0 aliphatic heterocycles. The first-order valence-corrected chi connectivity index (χ1v) is 9.89. The lowest BCUT2D eigenvalue weighted by Gasteiger charge is -2.14. The molecule has 0 unspecified atom stereocenters. The highest BCUT2D eigenvalue weighted by Crippen LogP contribution is 2.37. The largest absolute Gasteiger partial charge is 0.490 e. The third kappa shape index (κ3) is 6.51. The van der Waals surface area contributed by atoms with Crippen LogP contribution in [0.2, 0.25) is 5.02 Å². The first-order chi connectivity index (χ1) is 14.4. The van der Waals surface area contributed by atoms with Crippen LogP contribution in [0.25, 0.3) is 6.08 Å². The van der Waals surface area contributed by atoms with Gasteiger partial charge >= 0.3 is 5.97 Å². The van der Waals surface area contributed by atoms with Gasteiger partial charge < -0.3 is 19.5 Å². The molecule has 7 nitrogen and oxygen atoms in total. The zero-order valence-electron chi connectivity index (χ0n) is 16.2. The Labute approximate surface area is 187 Å². The van der Waals surface area contributed by atoms with Crippen LogP contribution in [0.5, 0.6) is 11.5 Å². The van der Waals surface area contributed by atoms with Crippen molar-refractivity contribution in [2.45, 2.75) is 6.92 Å². The molecule has 0 bridgehead atoms. The second-order valence-corrected chi connectivity index (χ2v) is 7.08. The summed E-state index contributed by atoms with van der Waals surface area (Å²) in [6.45, 7) is 1.74. The van der Waals surface area contributed by atoms with Crippen LogP contribution < -0.4 is 14.8 Å². The molecule has 2 aromatic rings. The van der Waals surface area contributed by atoms with Crippen molar-refractivity contribution in [1.82, 2.24) is 0 Å². The van der Waals surface area contributed by atoms with Gasteiger partial charge in [0.05, 0.1) is 18.7 Å². The molecule has 1 amide bonds. The van der Waals surface area contributed by atoms with Gasteiger partial charge in [-0.15, -0.1) is 0 Å². The third-order valence-electron chi connectivity index (χ3n) is 3.65. The summed E-state index contributed by atoms with van der Waals surface area (Å²) in [5.74, 6) is -0.716. The molecule has 0 atom stereocenters. The number of nitrogens with one attached hydrogen (secondary N) is 1. The maximum atomic E-state index is 12.5. The number of methoxy groups -OCH3 is 1. The smallest absolute Gasteiger partial charge is 0.343 e. The number of carbonyl (C=O) groups excluding carboxylic acids is 2. The number of esters is 1. The summed E-state index contributed by atoms with van der Waals surface area (Å²) in [6, 6.07) is 11.9. The second kappa shape index (κ2) is 11.2. The van der Waals surface area contributed by atoms with E-state index in [1.165, 1.54) is 19.3 Å². The van der Waals surface area contributed by atoms with Gasteiger partial charge in [-0.1, -0.05) is 33.6 Å². The van der Waals surface area contributed by atoms with Crippen LogP contribution in [0.15, 0.2) is 46.4 Å². The van der Waals surface area contributed by atoms with Gasteiger partial charge in [-0.2, -0.15) is 5.26 Å². The van der Waals surface area contributed by atoms with E-state index < -0.39 is 11.9 Å². The Balaban J connectivity index is 2.31. The van der Waals surface area contributed by atoms with Crippen LogP contribution in [0.1, 0.15) is 12.5 Å². The van der Waals surface area contributed by atoms with Crippen molar-refractivity contribution in [3.8, 4) is 17.6 Å². The Morgan fingerprint density at radius 1 is 1.27 bits per heavy atom. The highest BCUT2D eigenvalue weighted by molar-refractivity contribution is 9.10. The van der Waals surface area contributed by atoms with Crippen molar-refractivity contribution < 1.29 is 23.8 Å². The molecular formula is C21H18BrClN2O5. The van der Waals surface area contributed by atoms with E-state index in [0.717, 1.165) is 4.47 Å². The fourth-order valence-corrected chi connectivity index (χ4v) is 3.02. The Hall–Kier alpha value is -3.02. The molecule has 0 fully saturated rings. The summed E-state index contributed by atoms with van der Waals surface area (Å²) in [5, 5.41) is 12.2. The standard InChI is InChI=1S/C21H18BrClN2O5/c1-3-29-18-9-13(8-17(23)20(18)30-12-19(26)28-2)7-14(11-24)21(27)25-16-6-4-5-15(22)10-16/h4-10H,3,12H2,1-2H3,(H,25,27)/b14-7-. The molecule has 0 spiro atoms. The molecule has 0 radical (unpaired) electrons. The molecule has 0 saturated heterocycles. The van der Waals surface area contributed by atoms with E-state index >= 15 is 0 Å². The van der Waals surface area contributed by atoms with Gasteiger partial charge in [-0.05, 0) is 48.9 Å². The minimum atomic E-state index is -0.575. The molecule has 0 aliphatic carbocycles. The molecule has 0 heterocycles. The van der Waals surface area contributed by atoms with Crippen molar-refractivity contribution >= 4 is 51.2 Å². The maximum absolute atomic E-state index is 12.5. The number of nitrogens with zero attached hydrogens (tertiary/aromatic N) is 1. The van der Waals surface area contributed by atoms with Gasteiger partial charge in [0.25, 0.3) is 5.91 Å². The fraction of sp³-hybridized carbons (Fsp3) is 0.190. The number of ether oxygens (including phenoxy) is 3. The summed E-state index contributed by atoms with van der Waals surface area (Å²) in [6.07, 6.45) is 1.38. The van der Waals surface area contributed by atoms with E-state index in [1.54, 1.807) is 31.2 Å². The van der Waals surface area contributed by atoms with E-state index in [-0.39, 0.29) is 28.7 Å². The molecule has 1 N–H and O–H groups in total. The summed E-state index contributed by atoms with van der Waals surface area (Å²) < 4.78 is 16.3. The first-order valence-electron chi connectivity index (χ1n) is 8.72. The summed E-state index contributed by atoms with van der Waals surface area (Å²) in [5.41, 5.74) is 0.863. The number of amides is 1. The van der Waals surface area contributed by atoms with Gasteiger partial charge in [0.15, 0.2) is 18.1 Å². The van der Waals surface area contributed by atoms with Crippen LogP contribution in [0.3, 0.4) is 0 Å². The lowest BCUT2D eigenvalue weighted by molar-refractivity contribution is -0.142. The van der Waals surface area contributed by atoms with Gasteiger partial charge in [0.1, 0.15) is 11.6 Å². The number of hydrogen-bond acceptors (Lipinski definition) is 6. The second-order valence-electron chi connectivity index (χ2n) is 5.76. The van der Waals surface area contributed by atoms with Crippen molar-refractivity contribution in [3.05, 3.63) is 57.0 Å². The summed E-state index contributed by atoms with van der Waals surface area (Å²) >= 11 is 9.60. The molecular weight excluding hydrogens is 476 g/mol. The van der Waals surface area contributed by atoms with E-state index in [9.17, 15) is 14.9 Å². The van der Waals surface area contributed by atoms with Crippen molar-refractivity contribution in [2.24, 2.45) is 0 Å². The predicted octanol–water partition coefficient (Wildman–Crippen LogP) is 4.60. The summed E-state index contributed by atoms with van der Waals surface area (Å²) in [7, 11) is 1.24. The number of nitriles is 1. The number of anilines is 1. The van der Waals surface area contributed by atoms with E-state index in [2.05, 4.69) is 26.0 Å². The first kappa shape index (κ1) is 23.3. The van der Waals surface area contributed by atoms with Crippen molar-refractivity contribution in [1.29, 1.82) is 5.26 Å². The lowest BCUT2D eigenvalue weighted by atomic mass is 10.1. The number of benzene rings is 2.